The molecule has 0 saturated carbocycles. The van der Waals surface area contributed by atoms with Crippen LogP contribution in [-0.2, 0) is 6.42 Å². The van der Waals surface area contributed by atoms with Crippen molar-refractivity contribution in [1.29, 1.82) is 0 Å². The zero-order chi connectivity index (χ0) is 16.6. The van der Waals surface area contributed by atoms with Crippen molar-refractivity contribution in [1.82, 2.24) is 0 Å². The predicted molar refractivity (Wildman–Crippen MR) is 98.9 cm³/mol. The van der Waals surface area contributed by atoms with E-state index in [4.69, 9.17) is 4.43 Å². The van der Waals surface area contributed by atoms with Crippen LogP contribution in [0.1, 0.15) is 63.0 Å². The van der Waals surface area contributed by atoms with Crippen molar-refractivity contribution in [2.24, 2.45) is 0 Å². The molecule has 1 aromatic carbocycles. The number of unbranched alkanes of at least 4 members (excludes halogenated alkanes) is 2. The number of aryl methyl sites for hydroxylation is 1. The zero-order valence-electron chi connectivity index (χ0n) is 15.0. The molecule has 1 aromatic rings. The fourth-order valence-corrected chi connectivity index (χ4v) is 7.16. The first-order chi connectivity index (χ1) is 10.9. The molecule has 1 aliphatic carbocycles. The summed E-state index contributed by atoms with van der Waals surface area (Å²) in [5.41, 5.74) is 4.29. The lowest BCUT2D eigenvalue weighted by Crippen LogP contribution is -2.46. The van der Waals surface area contributed by atoms with E-state index in [0.29, 0.717) is 17.2 Å². The summed E-state index contributed by atoms with van der Waals surface area (Å²) in [6, 6.07) is 4.18. The van der Waals surface area contributed by atoms with Gasteiger partial charge in [0.05, 0.1) is 0 Å². The normalized spacial score (nSPS) is 25.1. The van der Waals surface area contributed by atoms with Crippen molar-refractivity contribution in [2.45, 2.75) is 76.9 Å². The molecule has 3 rings (SSSR count). The summed E-state index contributed by atoms with van der Waals surface area (Å²) in [5, 5.41) is 10.7. The smallest absolute Gasteiger partial charge is 0.249 e. The maximum absolute atomic E-state index is 10.7. The van der Waals surface area contributed by atoms with Crippen LogP contribution >= 0.6 is 0 Å². The Morgan fingerprint density at radius 1 is 1.26 bits per heavy atom. The van der Waals surface area contributed by atoms with Gasteiger partial charge in [-0.05, 0) is 68.9 Å². The lowest BCUT2D eigenvalue weighted by Gasteiger charge is -2.45. The van der Waals surface area contributed by atoms with Crippen LogP contribution < -0.4 is 4.43 Å². The van der Waals surface area contributed by atoms with Crippen molar-refractivity contribution < 1.29 is 9.53 Å². The summed E-state index contributed by atoms with van der Waals surface area (Å²) in [5.74, 6) is 1.75. The Bertz CT molecular complexity index is 618. The fourth-order valence-electron chi connectivity index (χ4n) is 4.30. The molecule has 0 amide bonds. The largest absolute Gasteiger partial charge is 0.543 e. The number of phenolic OH excluding ortho intramolecular Hbond substituents is 1. The number of aromatic hydroxyl groups is 1. The third-order valence-corrected chi connectivity index (χ3v) is 8.78. The van der Waals surface area contributed by atoms with Crippen molar-refractivity contribution in [3.05, 3.63) is 34.9 Å². The van der Waals surface area contributed by atoms with Crippen LogP contribution in [0.15, 0.2) is 23.8 Å². The molecule has 0 unspecified atom stereocenters. The molecular weight excluding hydrogens is 300 g/mol. The Hall–Kier alpha value is -1.22. The summed E-state index contributed by atoms with van der Waals surface area (Å²) in [7, 11) is -1.77. The molecule has 2 atom stereocenters. The van der Waals surface area contributed by atoms with Gasteiger partial charge >= 0.3 is 0 Å². The van der Waals surface area contributed by atoms with Gasteiger partial charge in [-0.1, -0.05) is 31.4 Å². The highest BCUT2D eigenvalue weighted by molar-refractivity contribution is 6.74. The van der Waals surface area contributed by atoms with Gasteiger partial charge in [0.2, 0.25) is 8.32 Å². The Kier molecular flexibility index (Phi) is 4.59. The van der Waals surface area contributed by atoms with Gasteiger partial charge in [-0.2, -0.15) is 0 Å². The quantitative estimate of drug-likeness (QED) is 0.422. The molecule has 2 nitrogen and oxygen atoms in total. The summed E-state index contributed by atoms with van der Waals surface area (Å²) in [6.07, 6.45) is 9.44. The molecule has 1 heterocycles. The molecule has 0 aromatic heterocycles. The highest BCUT2D eigenvalue weighted by Gasteiger charge is 2.47. The molecule has 0 bridgehead atoms. The standard InChI is InChI=1S/C20H30O2Si/c1-5-6-7-8-15-12-17(21)20-16-11-14(2)9-10-19(16)23(3,4)22-18(20)13-15/h11-13,16,19,21H,5-10H2,1-4H3/t16-,19-/m1/s1. The number of phenols is 1. The molecule has 0 radical (unpaired) electrons. The van der Waals surface area contributed by atoms with Crippen molar-refractivity contribution in [2.75, 3.05) is 0 Å². The van der Waals surface area contributed by atoms with E-state index in [9.17, 15) is 5.11 Å². The average molecular weight is 331 g/mol. The maximum Gasteiger partial charge on any atom is 0.249 e. The third kappa shape index (κ3) is 3.21. The Balaban J connectivity index is 1.99. The van der Waals surface area contributed by atoms with Gasteiger partial charge in [0.25, 0.3) is 0 Å². The monoisotopic (exact) mass is 330 g/mol. The topological polar surface area (TPSA) is 29.5 Å². The number of hydrogen-bond donors (Lipinski definition) is 1. The predicted octanol–water partition coefficient (Wildman–Crippen LogP) is 5.92. The molecule has 126 valence electrons. The minimum atomic E-state index is -1.77. The molecule has 1 N–H and O–H groups in total. The molecule has 0 spiro atoms. The Morgan fingerprint density at radius 3 is 2.78 bits per heavy atom. The first-order valence-corrected chi connectivity index (χ1v) is 12.1. The van der Waals surface area contributed by atoms with E-state index in [0.717, 1.165) is 17.7 Å². The Labute approximate surface area is 141 Å². The van der Waals surface area contributed by atoms with Gasteiger partial charge in [-0.15, -0.1) is 0 Å². The van der Waals surface area contributed by atoms with Gasteiger partial charge in [-0.25, -0.2) is 0 Å². The van der Waals surface area contributed by atoms with Crippen LogP contribution in [0.3, 0.4) is 0 Å². The zero-order valence-corrected chi connectivity index (χ0v) is 16.0. The van der Waals surface area contributed by atoms with Crippen LogP contribution in [0.5, 0.6) is 11.5 Å². The van der Waals surface area contributed by atoms with Crippen molar-refractivity contribution in [3.63, 3.8) is 0 Å². The number of rotatable bonds is 4. The number of benzene rings is 1. The van der Waals surface area contributed by atoms with Crippen LogP contribution in [0, 0.1) is 0 Å². The molecule has 23 heavy (non-hydrogen) atoms. The molecule has 3 heteroatoms. The molecular formula is C20H30O2Si. The minimum absolute atomic E-state index is 0.346. The van der Waals surface area contributed by atoms with Crippen molar-refractivity contribution in [3.8, 4) is 11.5 Å². The SMILES string of the molecule is CCCCCc1cc(O)c2c(c1)O[Si](C)(C)[C@@H]1CCC(C)=C[C@@H]21. The third-order valence-electron chi connectivity index (χ3n) is 5.60. The Morgan fingerprint density at radius 2 is 2.04 bits per heavy atom. The lowest BCUT2D eigenvalue weighted by atomic mass is 9.83. The molecule has 2 aliphatic rings. The van der Waals surface area contributed by atoms with Crippen molar-refractivity contribution >= 4 is 8.32 Å². The van der Waals surface area contributed by atoms with E-state index in [1.807, 2.05) is 6.07 Å². The fraction of sp³-hybridized carbons (Fsp3) is 0.600. The van der Waals surface area contributed by atoms with E-state index in [1.54, 1.807) is 0 Å². The molecule has 0 saturated heterocycles. The summed E-state index contributed by atoms with van der Waals surface area (Å²) in [6.45, 7) is 9.11. The summed E-state index contributed by atoms with van der Waals surface area (Å²) in [4.78, 5) is 0. The first-order valence-electron chi connectivity index (χ1n) is 9.14. The highest BCUT2D eigenvalue weighted by atomic mass is 28.4. The van der Waals surface area contributed by atoms with Crippen LogP contribution in [-0.4, -0.2) is 13.4 Å². The minimum Gasteiger partial charge on any atom is -0.543 e. The van der Waals surface area contributed by atoms with E-state index < -0.39 is 8.32 Å². The summed E-state index contributed by atoms with van der Waals surface area (Å²) >= 11 is 0. The maximum atomic E-state index is 10.7. The average Bonchev–Trinajstić information content (AvgIpc) is 2.46. The first kappa shape index (κ1) is 16.6. The van der Waals surface area contributed by atoms with Gasteiger partial charge < -0.3 is 9.53 Å². The van der Waals surface area contributed by atoms with E-state index in [2.05, 4.69) is 39.1 Å². The van der Waals surface area contributed by atoms with Gasteiger partial charge in [0, 0.05) is 11.5 Å². The molecule has 0 fully saturated rings. The number of allylic oxidation sites excluding steroid dienone is 2. The lowest BCUT2D eigenvalue weighted by molar-refractivity contribution is 0.412. The van der Waals surface area contributed by atoms with E-state index >= 15 is 0 Å². The van der Waals surface area contributed by atoms with Gasteiger partial charge in [0.15, 0.2) is 0 Å². The van der Waals surface area contributed by atoms with Crippen LogP contribution in [0.25, 0.3) is 0 Å². The second-order valence-corrected chi connectivity index (χ2v) is 12.0. The second kappa shape index (κ2) is 6.35. The van der Waals surface area contributed by atoms with Gasteiger partial charge in [0.1, 0.15) is 11.5 Å². The van der Waals surface area contributed by atoms with Crippen LogP contribution in [0.4, 0.5) is 0 Å². The van der Waals surface area contributed by atoms with Crippen LogP contribution in [0.2, 0.25) is 18.6 Å². The second-order valence-electron chi connectivity index (χ2n) is 7.87. The highest BCUT2D eigenvalue weighted by Crippen LogP contribution is 2.55. The van der Waals surface area contributed by atoms with E-state index in [-0.39, 0.29) is 0 Å². The van der Waals surface area contributed by atoms with E-state index in [1.165, 1.54) is 43.2 Å². The summed E-state index contributed by atoms with van der Waals surface area (Å²) < 4.78 is 6.50. The van der Waals surface area contributed by atoms with Gasteiger partial charge in [-0.3, -0.25) is 0 Å². The molecule has 1 aliphatic heterocycles. The number of fused-ring (bicyclic) bond motifs is 3. The number of hydrogen-bond acceptors (Lipinski definition) is 2.